The van der Waals surface area contributed by atoms with Crippen LogP contribution in [-0.2, 0) is 0 Å². The standard InChI is InChI=1S/C26H27N5OS/c1-16-17(2)33-25-22(16)24(28-23(29-25)19-10-11-19)30-12-14-31(15-13-30)26(32)27-21-9-5-7-18-6-3-4-8-20(18)21/h3-9,19H,10-15H2,1-2H3,(H,27,32). The number of aryl methyl sites for hydroxylation is 2. The van der Waals surface area contributed by atoms with Crippen LogP contribution >= 0.6 is 11.3 Å². The third-order valence-electron chi connectivity index (χ3n) is 6.87. The number of anilines is 2. The van der Waals surface area contributed by atoms with E-state index in [1.54, 1.807) is 11.3 Å². The number of piperazine rings is 1. The molecule has 1 N–H and O–H groups in total. The van der Waals surface area contributed by atoms with Crippen molar-refractivity contribution in [3.8, 4) is 0 Å². The first-order chi connectivity index (χ1) is 16.1. The zero-order valence-electron chi connectivity index (χ0n) is 19.0. The minimum absolute atomic E-state index is 0.0416. The maximum absolute atomic E-state index is 13.0. The van der Waals surface area contributed by atoms with Crippen LogP contribution < -0.4 is 10.2 Å². The fourth-order valence-corrected chi connectivity index (χ4v) is 5.68. The second-order valence-electron chi connectivity index (χ2n) is 9.07. The SMILES string of the molecule is Cc1sc2nc(C3CC3)nc(N3CCN(C(=O)Nc4cccc5ccccc45)CC3)c2c1C. The first-order valence-electron chi connectivity index (χ1n) is 11.6. The molecule has 1 aliphatic heterocycles. The second-order valence-corrected chi connectivity index (χ2v) is 10.3. The minimum atomic E-state index is -0.0416. The van der Waals surface area contributed by atoms with Crippen LogP contribution in [0.2, 0.25) is 0 Å². The van der Waals surface area contributed by atoms with Crippen molar-refractivity contribution in [2.75, 3.05) is 36.4 Å². The van der Waals surface area contributed by atoms with Crippen LogP contribution in [0.1, 0.15) is 35.0 Å². The number of amides is 2. The molecule has 0 bridgehead atoms. The van der Waals surface area contributed by atoms with Crippen molar-refractivity contribution < 1.29 is 4.79 Å². The van der Waals surface area contributed by atoms with E-state index in [9.17, 15) is 4.79 Å². The smallest absolute Gasteiger partial charge is 0.321 e. The number of nitrogens with one attached hydrogen (secondary N) is 1. The summed E-state index contributed by atoms with van der Waals surface area (Å²) in [5.41, 5.74) is 2.14. The molecule has 4 aromatic rings. The number of hydrogen-bond donors (Lipinski definition) is 1. The summed E-state index contributed by atoms with van der Waals surface area (Å²) in [6.45, 7) is 7.22. The zero-order valence-corrected chi connectivity index (χ0v) is 19.8. The normalized spacial score (nSPS) is 16.5. The van der Waals surface area contributed by atoms with Crippen LogP contribution in [0.3, 0.4) is 0 Å². The molecule has 3 heterocycles. The van der Waals surface area contributed by atoms with Gasteiger partial charge in [-0.15, -0.1) is 11.3 Å². The Bertz CT molecular complexity index is 1360. The number of rotatable bonds is 3. The highest BCUT2D eigenvalue weighted by molar-refractivity contribution is 7.18. The Labute approximate surface area is 197 Å². The predicted octanol–water partition coefficient (Wildman–Crippen LogP) is 5.69. The molecule has 1 saturated heterocycles. The number of urea groups is 1. The molecular formula is C26H27N5OS. The lowest BCUT2D eigenvalue weighted by Crippen LogP contribution is -2.50. The Morgan fingerprint density at radius 1 is 1.00 bits per heavy atom. The van der Waals surface area contributed by atoms with E-state index in [1.807, 2.05) is 35.2 Å². The van der Waals surface area contributed by atoms with Crippen molar-refractivity contribution in [1.82, 2.24) is 14.9 Å². The maximum atomic E-state index is 13.0. The lowest BCUT2D eigenvalue weighted by atomic mass is 10.1. The van der Waals surface area contributed by atoms with Crippen molar-refractivity contribution in [2.45, 2.75) is 32.6 Å². The summed E-state index contributed by atoms with van der Waals surface area (Å²) in [7, 11) is 0. The number of thiophene rings is 1. The minimum Gasteiger partial charge on any atom is -0.352 e. The number of benzene rings is 2. The molecule has 0 spiro atoms. The molecule has 7 heteroatoms. The Kier molecular flexibility index (Phi) is 4.94. The topological polar surface area (TPSA) is 61.4 Å². The summed E-state index contributed by atoms with van der Waals surface area (Å²) in [5.74, 6) is 2.57. The summed E-state index contributed by atoms with van der Waals surface area (Å²) in [4.78, 5) is 29.6. The van der Waals surface area contributed by atoms with E-state index in [0.717, 1.165) is 46.0 Å². The first kappa shape index (κ1) is 20.4. The quantitative estimate of drug-likeness (QED) is 0.429. The first-order valence-corrected chi connectivity index (χ1v) is 12.5. The highest BCUT2D eigenvalue weighted by Crippen LogP contribution is 2.42. The van der Waals surface area contributed by atoms with Gasteiger partial charge < -0.3 is 15.1 Å². The molecule has 33 heavy (non-hydrogen) atoms. The molecule has 168 valence electrons. The van der Waals surface area contributed by atoms with Crippen LogP contribution in [0, 0.1) is 13.8 Å². The van der Waals surface area contributed by atoms with Crippen molar-refractivity contribution in [3.05, 3.63) is 58.7 Å². The second kappa shape index (κ2) is 7.99. The van der Waals surface area contributed by atoms with Crippen molar-refractivity contribution in [2.24, 2.45) is 0 Å². The van der Waals surface area contributed by atoms with Crippen molar-refractivity contribution in [1.29, 1.82) is 0 Å². The van der Waals surface area contributed by atoms with Gasteiger partial charge in [-0.2, -0.15) is 0 Å². The molecule has 0 radical (unpaired) electrons. The fraction of sp³-hybridized carbons (Fsp3) is 0.346. The molecular weight excluding hydrogens is 430 g/mol. The van der Waals surface area contributed by atoms with Crippen LogP contribution in [0.5, 0.6) is 0 Å². The lowest BCUT2D eigenvalue weighted by Gasteiger charge is -2.36. The highest BCUT2D eigenvalue weighted by Gasteiger charge is 2.31. The molecule has 2 aliphatic rings. The number of fused-ring (bicyclic) bond motifs is 2. The summed E-state index contributed by atoms with van der Waals surface area (Å²) in [5, 5.41) is 6.51. The van der Waals surface area contributed by atoms with E-state index < -0.39 is 0 Å². The Balaban J connectivity index is 1.21. The Morgan fingerprint density at radius 3 is 2.55 bits per heavy atom. The maximum Gasteiger partial charge on any atom is 0.321 e. The molecule has 1 aliphatic carbocycles. The number of hydrogen-bond acceptors (Lipinski definition) is 5. The van der Waals surface area contributed by atoms with E-state index >= 15 is 0 Å². The highest BCUT2D eigenvalue weighted by atomic mass is 32.1. The van der Waals surface area contributed by atoms with E-state index in [-0.39, 0.29) is 6.03 Å². The van der Waals surface area contributed by atoms with E-state index in [2.05, 4.69) is 36.2 Å². The number of nitrogens with zero attached hydrogens (tertiary/aromatic N) is 4. The van der Waals surface area contributed by atoms with Gasteiger partial charge in [0.25, 0.3) is 0 Å². The van der Waals surface area contributed by atoms with Gasteiger partial charge in [0.15, 0.2) is 0 Å². The van der Waals surface area contributed by atoms with Gasteiger partial charge in [0, 0.05) is 42.4 Å². The van der Waals surface area contributed by atoms with Gasteiger partial charge in [-0.05, 0) is 43.7 Å². The van der Waals surface area contributed by atoms with Crippen molar-refractivity contribution >= 4 is 49.9 Å². The van der Waals surface area contributed by atoms with Crippen LogP contribution in [0.4, 0.5) is 16.3 Å². The molecule has 0 atom stereocenters. The van der Waals surface area contributed by atoms with Crippen LogP contribution in [0.15, 0.2) is 42.5 Å². The number of aromatic nitrogens is 2. The molecule has 2 aromatic heterocycles. The van der Waals surface area contributed by atoms with E-state index in [0.29, 0.717) is 19.0 Å². The van der Waals surface area contributed by atoms with E-state index in [1.165, 1.54) is 28.7 Å². The predicted molar refractivity (Wildman–Crippen MR) is 136 cm³/mol. The van der Waals surface area contributed by atoms with Gasteiger partial charge >= 0.3 is 6.03 Å². The Morgan fingerprint density at radius 2 is 1.76 bits per heavy atom. The molecule has 2 amide bonds. The molecule has 6 nitrogen and oxygen atoms in total. The lowest BCUT2D eigenvalue weighted by molar-refractivity contribution is 0.208. The molecule has 1 saturated carbocycles. The van der Waals surface area contributed by atoms with Crippen molar-refractivity contribution in [3.63, 3.8) is 0 Å². The molecule has 0 unspecified atom stereocenters. The van der Waals surface area contributed by atoms with Gasteiger partial charge in [-0.25, -0.2) is 14.8 Å². The third kappa shape index (κ3) is 3.70. The average molecular weight is 458 g/mol. The van der Waals surface area contributed by atoms with Gasteiger partial charge in [0.2, 0.25) is 0 Å². The summed E-state index contributed by atoms with van der Waals surface area (Å²) < 4.78 is 0. The summed E-state index contributed by atoms with van der Waals surface area (Å²) >= 11 is 1.77. The molecule has 2 aromatic carbocycles. The van der Waals surface area contributed by atoms with E-state index in [4.69, 9.17) is 9.97 Å². The van der Waals surface area contributed by atoms with Crippen LogP contribution in [0.25, 0.3) is 21.0 Å². The monoisotopic (exact) mass is 457 g/mol. The molecule has 6 rings (SSSR count). The number of carbonyl (C=O) groups excluding carboxylic acids is 1. The molecule has 2 fully saturated rings. The number of carbonyl (C=O) groups is 1. The van der Waals surface area contributed by atoms with Gasteiger partial charge in [-0.3, -0.25) is 0 Å². The van der Waals surface area contributed by atoms with Gasteiger partial charge in [0.1, 0.15) is 16.5 Å². The average Bonchev–Trinajstić information content (AvgIpc) is 3.65. The van der Waals surface area contributed by atoms with Gasteiger partial charge in [-0.1, -0.05) is 36.4 Å². The fourth-order valence-electron chi connectivity index (χ4n) is 4.65. The largest absolute Gasteiger partial charge is 0.352 e. The zero-order chi connectivity index (χ0) is 22.5. The third-order valence-corrected chi connectivity index (χ3v) is 7.97. The Hall–Kier alpha value is -3.19. The summed E-state index contributed by atoms with van der Waals surface area (Å²) in [6.07, 6.45) is 2.38. The van der Waals surface area contributed by atoms with Gasteiger partial charge in [0.05, 0.1) is 11.1 Å². The van der Waals surface area contributed by atoms with Crippen LogP contribution in [-0.4, -0.2) is 47.1 Å². The summed E-state index contributed by atoms with van der Waals surface area (Å²) in [6, 6.07) is 14.1.